The SMILES string of the molecule is C[C@H](OC(=O)c1cc2ccccc2c(=O)[nH]1)C(=O)Nc1ccc([N+](=O)[O-])cc1. The number of nitrogens with one attached hydrogen (secondary N) is 2. The van der Waals surface area contributed by atoms with Crippen molar-refractivity contribution in [1.29, 1.82) is 0 Å². The van der Waals surface area contributed by atoms with Crippen LogP contribution in [0.4, 0.5) is 11.4 Å². The second-order valence-corrected chi connectivity index (χ2v) is 5.94. The number of hydrogen-bond donors (Lipinski definition) is 2. The van der Waals surface area contributed by atoms with Gasteiger partial charge in [-0.05, 0) is 36.6 Å². The molecule has 1 aromatic heterocycles. The van der Waals surface area contributed by atoms with Crippen LogP contribution in [0.3, 0.4) is 0 Å². The van der Waals surface area contributed by atoms with E-state index in [-0.39, 0.29) is 11.4 Å². The molecule has 0 unspecified atom stereocenters. The average molecular weight is 381 g/mol. The highest BCUT2D eigenvalue weighted by Crippen LogP contribution is 2.16. The maximum Gasteiger partial charge on any atom is 0.355 e. The molecule has 1 heterocycles. The molecule has 1 amide bonds. The second kappa shape index (κ2) is 7.70. The number of carbonyl (C=O) groups excluding carboxylic acids is 2. The molecule has 28 heavy (non-hydrogen) atoms. The fraction of sp³-hybridized carbons (Fsp3) is 0.105. The first-order valence-electron chi connectivity index (χ1n) is 8.23. The highest BCUT2D eigenvalue weighted by Gasteiger charge is 2.20. The number of aromatic nitrogens is 1. The van der Waals surface area contributed by atoms with E-state index < -0.39 is 28.5 Å². The summed E-state index contributed by atoms with van der Waals surface area (Å²) in [5.41, 5.74) is -0.304. The van der Waals surface area contributed by atoms with Gasteiger partial charge in [-0.15, -0.1) is 0 Å². The van der Waals surface area contributed by atoms with E-state index >= 15 is 0 Å². The van der Waals surface area contributed by atoms with Gasteiger partial charge in [0.15, 0.2) is 6.10 Å². The van der Waals surface area contributed by atoms with Crippen LogP contribution in [0.5, 0.6) is 0 Å². The molecule has 0 aliphatic carbocycles. The third-order valence-corrected chi connectivity index (χ3v) is 3.97. The number of anilines is 1. The number of nitro groups is 1. The van der Waals surface area contributed by atoms with E-state index in [2.05, 4.69) is 10.3 Å². The van der Waals surface area contributed by atoms with Crippen LogP contribution >= 0.6 is 0 Å². The topological polar surface area (TPSA) is 131 Å². The van der Waals surface area contributed by atoms with E-state index in [9.17, 15) is 24.5 Å². The van der Waals surface area contributed by atoms with Crippen LogP contribution in [0, 0.1) is 10.1 Å². The van der Waals surface area contributed by atoms with Gasteiger partial charge < -0.3 is 15.0 Å². The maximum atomic E-state index is 12.3. The molecule has 142 valence electrons. The first kappa shape index (κ1) is 18.8. The normalized spacial score (nSPS) is 11.6. The van der Waals surface area contributed by atoms with E-state index in [4.69, 9.17) is 4.74 Å². The number of benzene rings is 2. The van der Waals surface area contributed by atoms with Crippen molar-refractivity contribution in [3.63, 3.8) is 0 Å². The van der Waals surface area contributed by atoms with Crippen molar-refractivity contribution in [2.24, 2.45) is 0 Å². The zero-order valence-electron chi connectivity index (χ0n) is 14.7. The van der Waals surface area contributed by atoms with Crippen molar-refractivity contribution >= 4 is 34.0 Å². The van der Waals surface area contributed by atoms with Crippen molar-refractivity contribution < 1.29 is 19.2 Å². The van der Waals surface area contributed by atoms with Crippen molar-refractivity contribution in [3.05, 3.63) is 80.8 Å². The van der Waals surface area contributed by atoms with Gasteiger partial charge in [0.1, 0.15) is 5.69 Å². The number of non-ortho nitro benzene ring substituents is 1. The third kappa shape index (κ3) is 4.04. The zero-order valence-corrected chi connectivity index (χ0v) is 14.7. The van der Waals surface area contributed by atoms with Crippen LogP contribution < -0.4 is 10.9 Å². The Morgan fingerprint density at radius 1 is 1.14 bits per heavy atom. The molecule has 0 saturated heterocycles. The van der Waals surface area contributed by atoms with Crippen LogP contribution in [0.25, 0.3) is 10.8 Å². The number of nitro benzene ring substituents is 1. The van der Waals surface area contributed by atoms with Crippen LogP contribution in [0.2, 0.25) is 0 Å². The molecule has 9 heteroatoms. The van der Waals surface area contributed by atoms with Crippen LogP contribution in [0.1, 0.15) is 17.4 Å². The number of H-pyrrole nitrogens is 1. The Hall–Kier alpha value is -4.01. The summed E-state index contributed by atoms with van der Waals surface area (Å²) in [5.74, 6) is -1.47. The molecule has 1 atom stereocenters. The molecule has 0 saturated carbocycles. The lowest BCUT2D eigenvalue weighted by atomic mass is 10.1. The van der Waals surface area contributed by atoms with Crippen molar-refractivity contribution in [1.82, 2.24) is 4.98 Å². The Morgan fingerprint density at radius 3 is 2.50 bits per heavy atom. The lowest BCUT2D eigenvalue weighted by Gasteiger charge is -2.13. The third-order valence-electron chi connectivity index (χ3n) is 3.97. The standard InChI is InChI=1S/C19H15N3O6/c1-11(17(23)20-13-6-8-14(9-7-13)22(26)27)28-19(25)16-10-12-4-2-3-5-15(12)18(24)21-16/h2-11H,1H3,(H,20,23)(H,21,24)/t11-/m0/s1. The molecule has 3 aromatic rings. The zero-order chi connectivity index (χ0) is 20.3. The lowest BCUT2D eigenvalue weighted by Crippen LogP contribution is -2.30. The number of fused-ring (bicyclic) bond motifs is 1. The van der Waals surface area contributed by atoms with Crippen LogP contribution in [-0.2, 0) is 9.53 Å². The molecule has 0 bridgehead atoms. The number of carbonyl (C=O) groups is 2. The average Bonchev–Trinajstić information content (AvgIpc) is 2.68. The van der Waals surface area contributed by atoms with Crippen LogP contribution in [-0.4, -0.2) is 27.9 Å². The summed E-state index contributed by atoms with van der Waals surface area (Å²) in [7, 11) is 0. The Balaban J connectivity index is 1.69. The molecule has 3 rings (SSSR count). The summed E-state index contributed by atoms with van der Waals surface area (Å²) >= 11 is 0. The lowest BCUT2D eigenvalue weighted by molar-refractivity contribution is -0.384. The van der Waals surface area contributed by atoms with Crippen molar-refractivity contribution in [2.75, 3.05) is 5.32 Å². The summed E-state index contributed by atoms with van der Waals surface area (Å²) < 4.78 is 5.11. The van der Waals surface area contributed by atoms with Gasteiger partial charge in [-0.2, -0.15) is 0 Å². The Kier molecular flexibility index (Phi) is 5.16. The molecular formula is C19H15N3O6. The first-order valence-corrected chi connectivity index (χ1v) is 8.23. The van der Waals surface area contributed by atoms with Crippen molar-refractivity contribution in [2.45, 2.75) is 13.0 Å². The van der Waals surface area contributed by atoms with Gasteiger partial charge in [-0.1, -0.05) is 18.2 Å². The Labute approximate surface area is 158 Å². The van der Waals surface area contributed by atoms with Gasteiger partial charge in [0.25, 0.3) is 17.2 Å². The number of amides is 1. The van der Waals surface area contributed by atoms with E-state index in [0.29, 0.717) is 16.5 Å². The van der Waals surface area contributed by atoms with E-state index in [0.717, 1.165) is 0 Å². The van der Waals surface area contributed by atoms with Gasteiger partial charge >= 0.3 is 5.97 Å². The van der Waals surface area contributed by atoms with Gasteiger partial charge in [-0.3, -0.25) is 19.7 Å². The summed E-state index contributed by atoms with van der Waals surface area (Å²) in [5, 5.41) is 14.1. The maximum absolute atomic E-state index is 12.3. The smallest absolute Gasteiger partial charge is 0.355 e. The molecule has 0 aliphatic rings. The Morgan fingerprint density at radius 2 is 1.82 bits per heavy atom. The number of pyridine rings is 1. The number of ether oxygens (including phenoxy) is 1. The van der Waals surface area contributed by atoms with E-state index in [1.165, 1.54) is 37.3 Å². The highest BCUT2D eigenvalue weighted by atomic mass is 16.6. The molecule has 2 N–H and O–H groups in total. The van der Waals surface area contributed by atoms with Gasteiger partial charge in [-0.25, -0.2) is 4.79 Å². The number of esters is 1. The summed E-state index contributed by atoms with van der Waals surface area (Å²) in [4.78, 5) is 49.0. The quantitative estimate of drug-likeness (QED) is 0.397. The number of hydrogen-bond acceptors (Lipinski definition) is 6. The monoisotopic (exact) mass is 381 g/mol. The molecule has 2 aromatic carbocycles. The minimum absolute atomic E-state index is 0.0707. The molecule has 0 fully saturated rings. The molecule has 9 nitrogen and oxygen atoms in total. The summed E-state index contributed by atoms with van der Waals surface area (Å²) in [6.07, 6.45) is -1.15. The van der Waals surface area contributed by atoms with Gasteiger partial charge in [0.2, 0.25) is 0 Å². The molecular weight excluding hydrogens is 366 g/mol. The predicted octanol–water partition coefficient (Wildman–Crippen LogP) is 2.62. The van der Waals surface area contributed by atoms with E-state index in [1.807, 2.05) is 0 Å². The minimum Gasteiger partial charge on any atom is -0.448 e. The largest absolute Gasteiger partial charge is 0.448 e. The summed E-state index contributed by atoms with van der Waals surface area (Å²) in [6.45, 7) is 1.37. The number of nitrogens with zero attached hydrogens (tertiary/aromatic N) is 1. The van der Waals surface area contributed by atoms with E-state index in [1.54, 1.807) is 24.3 Å². The second-order valence-electron chi connectivity index (χ2n) is 5.94. The van der Waals surface area contributed by atoms with Crippen LogP contribution in [0.15, 0.2) is 59.4 Å². The number of rotatable bonds is 5. The minimum atomic E-state index is -1.15. The Bertz CT molecular complexity index is 1120. The number of aromatic amines is 1. The predicted molar refractivity (Wildman–Crippen MR) is 101 cm³/mol. The molecule has 0 radical (unpaired) electrons. The van der Waals surface area contributed by atoms with Gasteiger partial charge in [0, 0.05) is 23.2 Å². The summed E-state index contributed by atoms with van der Waals surface area (Å²) in [6, 6.07) is 13.4. The first-order chi connectivity index (χ1) is 13.3. The fourth-order valence-electron chi connectivity index (χ4n) is 2.51. The van der Waals surface area contributed by atoms with Crippen molar-refractivity contribution in [3.8, 4) is 0 Å². The molecule has 0 spiro atoms. The fourth-order valence-corrected chi connectivity index (χ4v) is 2.51. The highest BCUT2D eigenvalue weighted by molar-refractivity contribution is 5.98. The molecule has 0 aliphatic heterocycles. The van der Waals surface area contributed by atoms with Gasteiger partial charge in [0.05, 0.1) is 4.92 Å².